The van der Waals surface area contributed by atoms with Crippen molar-refractivity contribution < 1.29 is 14.3 Å². The summed E-state index contributed by atoms with van der Waals surface area (Å²) in [5.41, 5.74) is 2.15. The van der Waals surface area contributed by atoms with Gasteiger partial charge in [0.05, 0.1) is 19.7 Å². The first-order chi connectivity index (χ1) is 13.3. The van der Waals surface area contributed by atoms with Crippen molar-refractivity contribution >= 4 is 11.9 Å². The Kier molecular flexibility index (Phi) is 7.96. The first kappa shape index (κ1) is 21.9. The average molecular weight is 391 g/mol. The molecule has 0 aliphatic carbocycles. The Morgan fingerprint density at radius 2 is 2.14 bits per heavy atom. The van der Waals surface area contributed by atoms with Crippen LogP contribution in [0.5, 0.6) is 11.5 Å². The van der Waals surface area contributed by atoms with Gasteiger partial charge in [0, 0.05) is 37.7 Å². The molecule has 1 aromatic rings. The number of ether oxygens (including phenoxy) is 2. The maximum absolute atomic E-state index is 11.9. The highest BCUT2D eigenvalue weighted by molar-refractivity contribution is 5.86. The number of carbonyl (C=O) groups excluding carboxylic acids is 1. The standard InChI is InChI=1S/C21H34N4O3/c1-7-14(3)24-21(23-13-20(26)25(5)6)22-12-17-11-19-16(9-15(4)28-19)10-18(17)27-8-2/h10-11,14-15H,7-9,12-13H2,1-6H3,(H2,22,23,24). The second-order valence-corrected chi connectivity index (χ2v) is 7.39. The highest BCUT2D eigenvalue weighted by atomic mass is 16.5. The Hall–Kier alpha value is -2.44. The third-order valence-corrected chi connectivity index (χ3v) is 4.69. The fourth-order valence-electron chi connectivity index (χ4n) is 2.86. The van der Waals surface area contributed by atoms with Crippen molar-refractivity contribution in [2.75, 3.05) is 27.2 Å². The van der Waals surface area contributed by atoms with Crippen molar-refractivity contribution in [3.63, 3.8) is 0 Å². The highest BCUT2D eigenvalue weighted by Crippen LogP contribution is 2.35. The second kappa shape index (κ2) is 10.2. The van der Waals surface area contributed by atoms with Gasteiger partial charge >= 0.3 is 0 Å². The minimum atomic E-state index is -0.00595. The molecule has 1 heterocycles. The predicted octanol–water partition coefficient (Wildman–Crippen LogP) is 2.33. The van der Waals surface area contributed by atoms with Crippen LogP contribution in [0.4, 0.5) is 0 Å². The van der Waals surface area contributed by atoms with Crippen molar-refractivity contribution in [3.05, 3.63) is 23.3 Å². The first-order valence-electron chi connectivity index (χ1n) is 10.0. The smallest absolute Gasteiger partial charge is 0.241 e. The number of guanidine groups is 1. The van der Waals surface area contributed by atoms with Crippen LogP contribution in [-0.2, 0) is 17.8 Å². The fraction of sp³-hybridized carbons (Fsp3) is 0.619. The van der Waals surface area contributed by atoms with E-state index in [1.807, 2.05) is 13.0 Å². The predicted molar refractivity (Wildman–Crippen MR) is 112 cm³/mol. The molecule has 156 valence electrons. The molecule has 0 aromatic heterocycles. The van der Waals surface area contributed by atoms with Gasteiger partial charge in [-0.25, -0.2) is 4.99 Å². The third kappa shape index (κ3) is 6.04. The molecule has 0 saturated carbocycles. The molecule has 0 radical (unpaired) electrons. The summed E-state index contributed by atoms with van der Waals surface area (Å²) >= 11 is 0. The number of fused-ring (bicyclic) bond motifs is 1. The van der Waals surface area contributed by atoms with Crippen LogP contribution >= 0.6 is 0 Å². The van der Waals surface area contributed by atoms with Crippen molar-refractivity contribution in [1.82, 2.24) is 15.5 Å². The number of carbonyl (C=O) groups is 1. The van der Waals surface area contributed by atoms with Crippen LogP contribution in [0.25, 0.3) is 0 Å². The highest BCUT2D eigenvalue weighted by Gasteiger charge is 2.22. The van der Waals surface area contributed by atoms with Gasteiger partial charge < -0.3 is 25.0 Å². The summed E-state index contributed by atoms with van der Waals surface area (Å²) in [6.07, 6.45) is 2.04. The summed E-state index contributed by atoms with van der Waals surface area (Å²) in [6.45, 7) is 9.45. The lowest BCUT2D eigenvalue weighted by Gasteiger charge is -2.18. The van der Waals surface area contributed by atoms with Gasteiger partial charge in [-0.2, -0.15) is 0 Å². The van der Waals surface area contributed by atoms with Crippen LogP contribution in [0.3, 0.4) is 0 Å². The Morgan fingerprint density at radius 3 is 2.79 bits per heavy atom. The quantitative estimate of drug-likeness (QED) is 0.526. The van der Waals surface area contributed by atoms with Crippen LogP contribution in [0, 0.1) is 0 Å². The molecule has 0 saturated heterocycles. The van der Waals surface area contributed by atoms with E-state index in [1.54, 1.807) is 19.0 Å². The maximum atomic E-state index is 11.9. The molecule has 1 aromatic carbocycles. The Morgan fingerprint density at radius 1 is 1.39 bits per heavy atom. The van der Waals surface area contributed by atoms with Crippen molar-refractivity contribution in [2.45, 2.75) is 59.2 Å². The van der Waals surface area contributed by atoms with Gasteiger partial charge in [-0.1, -0.05) is 6.92 Å². The largest absolute Gasteiger partial charge is 0.494 e. The second-order valence-electron chi connectivity index (χ2n) is 7.39. The number of rotatable bonds is 8. The van der Waals surface area contributed by atoms with E-state index in [1.165, 1.54) is 5.56 Å². The summed E-state index contributed by atoms with van der Waals surface area (Å²) in [4.78, 5) is 18.2. The minimum Gasteiger partial charge on any atom is -0.494 e. The van der Waals surface area contributed by atoms with Crippen LogP contribution in [0.2, 0.25) is 0 Å². The number of nitrogens with one attached hydrogen (secondary N) is 2. The molecule has 1 amide bonds. The molecule has 0 bridgehead atoms. The van der Waals surface area contributed by atoms with Gasteiger partial charge in [0.25, 0.3) is 0 Å². The number of aliphatic imine (C=N–C) groups is 1. The molecular formula is C21H34N4O3. The molecule has 2 N–H and O–H groups in total. The number of nitrogens with zero attached hydrogens (tertiary/aromatic N) is 2. The molecule has 0 spiro atoms. The number of hydrogen-bond acceptors (Lipinski definition) is 4. The fourth-order valence-corrected chi connectivity index (χ4v) is 2.86. The van der Waals surface area contributed by atoms with Gasteiger partial charge in [0.15, 0.2) is 5.96 Å². The number of amides is 1. The SMILES string of the molecule is CCOc1cc2c(cc1CN=C(NCC(=O)N(C)C)NC(C)CC)OC(C)C2. The molecule has 1 aliphatic rings. The van der Waals surface area contributed by atoms with Crippen LogP contribution in [-0.4, -0.2) is 56.2 Å². The normalized spacial score (nSPS) is 16.8. The van der Waals surface area contributed by atoms with E-state index in [2.05, 4.69) is 42.5 Å². The molecule has 1 aliphatic heterocycles. The maximum Gasteiger partial charge on any atom is 0.241 e. The molecule has 2 rings (SSSR count). The van der Waals surface area contributed by atoms with E-state index in [0.29, 0.717) is 19.1 Å². The lowest BCUT2D eigenvalue weighted by molar-refractivity contribution is -0.127. The first-order valence-corrected chi connectivity index (χ1v) is 10.0. The van der Waals surface area contributed by atoms with Crippen molar-refractivity contribution in [2.24, 2.45) is 4.99 Å². The van der Waals surface area contributed by atoms with Crippen LogP contribution in [0.1, 0.15) is 45.2 Å². The summed E-state index contributed by atoms with van der Waals surface area (Å²) in [5, 5.41) is 6.46. The summed E-state index contributed by atoms with van der Waals surface area (Å²) in [7, 11) is 3.48. The van der Waals surface area contributed by atoms with Gasteiger partial charge in [-0.05, 0) is 39.3 Å². The van der Waals surface area contributed by atoms with E-state index >= 15 is 0 Å². The Bertz CT molecular complexity index is 703. The monoisotopic (exact) mass is 390 g/mol. The van der Waals surface area contributed by atoms with E-state index < -0.39 is 0 Å². The third-order valence-electron chi connectivity index (χ3n) is 4.69. The van der Waals surface area contributed by atoms with E-state index in [4.69, 9.17) is 9.47 Å². The van der Waals surface area contributed by atoms with E-state index in [0.717, 1.165) is 29.9 Å². The topological polar surface area (TPSA) is 75.2 Å². The average Bonchev–Trinajstić information content (AvgIpc) is 3.02. The van der Waals surface area contributed by atoms with Gasteiger partial charge in [0.1, 0.15) is 17.6 Å². The lowest BCUT2D eigenvalue weighted by atomic mass is 10.1. The van der Waals surface area contributed by atoms with Crippen molar-refractivity contribution in [1.29, 1.82) is 0 Å². The molecule has 2 unspecified atom stereocenters. The Balaban J connectivity index is 2.19. The molecule has 28 heavy (non-hydrogen) atoms. The number of hydrogen-bond donors (Lipinski definition) is 2. The zero-order chi connectivity index (χ0) is 20.7. The van der Waals surface area contributed by atoms with Gasteiger partial charge in [-0.3, -0.25) is 4.79 Å². The summed E-state index contributed by atoms with van der Waals surface area (Å²) < 4.78 is 11.7. The summed E-state index contributed by atoms with van der Waals surface area (Å²) in [5.74, 6) is 2.36. The molecule has 2 atom stereocenters. The molecule has 0 fully saturated rings. The molecular weight excluding hydrogens is 356 g/mol. The minimum absolute atomic E-state index is 0.00595. The van der Waals surface area contributed by atoms with E-state index in [-0.39, 0.29) is 24.6 Å². The van der Waals surface area contributed by atoms with Crippen LogP contribution < -0.4 is 20.1 Å². The summed E-state index contributed by atoms with van der Waals surface area (Å²) in [6, 6.07) is 4.34. The van der Waals surface area contributed by atoms with E-state index in [9.17, 15) is 4.79 Å². The van der Waals surface area contributed by atoms with Gasteiger partial charge in [-0.15, -0.1) is 0 Å². The Labute approximate surface area is 168 Å². The lowest BCUT2D eigenvalue weighted by Crippen LogP contribution is -2.45. The molecule has 7 nitrogen and oxygen atoms in total. The van der Waals surface area contributed by atoms with Crippen molar-refractivity contribution in [3.8, 4) is 11.5 Å². The number of benzene rings is 1. The zero-order valence-corrected chi connectivity index (χ0v) is 18.0. The van der Waals surface area contributed by atoms with Gasteiger partial charge in [0.2, 0.25) is 5.91 Å². The zero-order valence-electron chi connectivity index (χ0n) is 18.0. The number of likely N-dealkylation sites (N-methyl/N-ethyl adjacent to an activating group) is 1. The molecule has 7 heteroatoms. The van der Waals surface area contributed by atoms with Crippen LogP contribution in [0.15, 0.2) is 17.1 Å².